The monoisotopic (exact) mass is 213 g/mol. The predicted molar refractivity (Wildman–Crippen MR) is 58.3 cm³/mol. The lowest BCUT2D eigenvalue weighted by molar-refractivity contribution is -0.671. The number of hydrogen-bond donors (Lipinski definition) is 0. The average molecular weight is 213 g/mol. The van der Waals surface area contributed by atoms with Gasteiger partial charge in [0.05, 0.1) is 27.6 Å². The van der Waals surface area contributed by atoms with E-state index in [1.807, 2.05) is 49.6 Å². The highest BCUT2D eigenvalue weighted by Gasteiger charge is 2.09. The summed E-state index contributed by atoms with van der Waals surface area (Å²) in [7, 11) is 5.33. The lowest BCUT2D eigenvalue weighted by Gasteiger charge is -1.95. The van der Waals surface area contributed by atoms with Crippen molar-refractivity contribution < 1.29 is 14.1 Å². The van der Waals surface area contributed by atoms with Crippen LogP contribution in [0.4, 0.5) is 0 Å². The molecule has 4 heteroatoms. The number of aromatic nitrogens is 2. The Kier molecular flexibility index (Phi) is 6.42. The van der Waals surface area contributed by atoms with E-state index >= 15 is 0 Å². The normalized spacial score (nSPS) is 9.13. The molecule has 86 valence electrons. The molecule has 0 fully saturated rings. The molecule has 0 amide bonds. The molecule has 0 saturated carbocycles. The topological polar surface area (TPSA) is 35.1 Å². The molecule has 1 aromatic heterocycles. The Morgan fingerprint density at radius 3 is 2.53 bits per heavy atom. The SMILES string of the molecule is CC.COC(=O)CCc1c[n+](C)cn1C. The number of esters is 1. The van der Waals surface area contributed by atoms with E-state index in [0.29, 0.717) is 6.42 Å². The Labute approximate surface area is 91.5 Å². The maximum Gasteiger partial charge on any atom is 0.305 e. The molecule has 0 atom stereocenters. The van der Waals surface area contributed by atoms with Crippen LogP contribution in [0, 0.1) is 0 Å². The van der Waals surface area contributed by atoms with Crippen molar-refractivity contribution >= 4 is 5.97 Å². The summed E-state index contributed by atoms with van der Waals surface area (Å²) in [5.74, 6) is -0.163. The molecule has 0 aliphatic heterocycles. The van der Waals surface area contributed by atoms with E-state index < -0.39 is 0 Å². The summed E-state index contributed by atoms with van der Waals surface area (Å²) < 4.78 is 8.53. The molecule has 0 aliphatic rings. The Morgan fingerprint density at radius 2 is 2.13 bits per heavy atom. The second-order valence-corrected chi connectivity index (χ2v) is 3.09. The summed E-state index contributed by atoms with van der Waals surface area (Å²) >= 11 is 0. The number of carbonyl (C=O) groups excluding carboxylic acids is 1. The minimum absolute atomic E-state index is 0.163. The molecule has 0 unspecified atom stereocenters. The average Bonchev–Trinajstić information content (AvgIpc) is 2.57. The molecule has 0 aromatic carbocycles. The van der Waals surface area contributed by atoms with Crippen LogP contribution in [0.2, 0.25) is 0 Å². The summed E-state index contributed by atoms with van der Waals surface area (Å²) in [6.07, 6.45) is 5.13. The van der Waals surface area contributed by atoms with Crippen LogP contribution in [0.25, 0.3) is 0 Å². The molecule has 15 heavy (non-hydrogen) atoms. The molecule has 0 spiro atoms. The van der Waals surface area contributed by atoms with Gasteiger partial charge in [-0.15, -0.1) is 0 Å². The number of nitrogens with zero attached hydrogens (tertiary/aromatic N) is 2. The molecule has 0 radical (unpaired) electrons. The van der Waals surface area contributed by atoms with Gasteiger partial charge in [-0.25, -0.2) is 9.13 Å². The van der Waals surface area contributed by atoms with Gasteiger partial charge in [-0.1, -0.05) is 13.8 Å². The maximum absolute atomic E-state index is 10.9. The van der Waals surface area contributed by atoms with Crippen molar-refractivity contribution in [3.8, 4) is 0 Å². The number of hydrogen-bond acceptors (Lipinski definition) is 2. The fourth-order valence-electron chi connectivity index (χ4n) is 1.28. The summed E-state index contributed by atoms with van der Waals surface area (Å²) in [4.78, 5) is 10.9. The number of imidazole rings is 1. The number of carbonyl (C=O) groups is 1. The molecule has 4 nitrogen and oxygen atoms in total. The zero-order chi connectivity index (χ0) is 11.8. The highest BCUT2D eigenvalue weighted by atomic mass is 16.5. The number of methoxy groups -OCH3 is 1. The van der Waals surface area contributed by atoms with Crippen molar-refractivity contribution in [2.45, 2.75) is 26.7 Å². The van der Waals surface area contributed by atoms with E-state index in [-0.39, 0.29) is 5.97 Å². The zero-order valence-electron chi connectivity index (χ0n) is 10.3. The molecule has 1 heterocycles. The first-order chi connectivity index (χ1) is 7.13. The van der Waals surface area contributed by atoms with Crippen molar-refractivity contribution in [1.82, 2.24) is 4.57 Å². The molecular weight excluding hydrogens is 192 g/mol. The molecule has 0 N–H and O–H groups in total. The second kappa shape index (κ2) is 7.04. The number of aryl methyl sites for hydroxylation is 3. The van der Waals surface area contributed by atoms with Crippen molar-refractivity contribution in [3.05, 3.63) is 18.2 Å². The Morgan fingerprint density at radius 1 is 1.53 bits per heavy atom. The summed E-state index contributed by atoms with van der Waals surface area (Å²) in [5.41, 5.74) is 1.13. The van der Waals surface area contributed by atoms with Gasteiger partial charge in [-0.3, -0.25) is 4.79 Å². The minimum Gasteiger partial charge on any atom is -0.469 e. The van der Waals surface area contributed by atoms with Gasteiger partial charge in [0, 0.05) is 6.42 Å². The highest BCUT2D eigenvalue weighted by molar-refractivity contribution is 5.69. The molecule has 1 aromatic rings. The van der Waals surface area contributed by atoms with E-state index in [0.717, 1.165) is 12.1 Å². The Bertz CT molecular complexity index is 306. The van der Waals surface area contributed by atoms with E-state index in [1.54, 1.807) is 0 Å². The largest absolute Gasteiger partial charge is 0.469 e. The van der Waals surface area contributed by atoms with Gasteiger partial charge in [0.25, 0.3) is 0 Å². The standard InChI is InChI=1S/C9H15N2O2.C2H6/c1-10-6-8(11(2)7-10)4-5-9(12)13-3;1-2/h6-7H,4-5H2,1-3H3;1-2H3/q+1;. The Balaban J connectivity index is 0.000000921. The fraction of sp³-hybridized carbons (Fsp3) is 0.636. The van der Waals surface area contributed by atoms with Crippen LogP contribution in [0.5, 0.6) is 0 Å². The van der Waals surface area contributed by atoms with Gasteiger partial charge in [-0.05, 0) is 0 Å². The summed E-state index contributed by atoms with van der Waals surface area (Å²) in [6, 6.07) is 0. The van der Waals surface area contributed by atoms with Crippen LogP contribution in [-0.4, -0.2) is 17.6 Å². The van der Waals surface area contributed by atoms with Gasteiger partial charge in [0.1, 0.15) is 11.9 Å². The van der Waals surface area contributed by atoms with Gasteiger partial charge < -0.3 is 4.74 Å². The third-order valence-electron chi connectivity index (χ3n) is 1.97. The molecule has 0 bridgehead atoms. The minimum atomic E-state index is -0.163. The van der Waals surface area contributed by atoms with Crippen LogP contribution in [0.3, 0.4) is 0 Å². The van der Waals surface area contributed by atoms with E-state index in [2.05, 4.69) is 4.74 Å². The van der Waals surface area contributed by atoms with Gasteiger partial charge in [0.15, 0.2) is 0 Å². The maximum atomic E-state index is 10.9. The molecular formula is C11H21N2O2+. The first-order valence-electron chi connectivity index (χ1n) is 5.20. The second-order valence-electron chi connectivity index (χ2n) is 3.09. The quantitative estimate of drug-likeness (QED) is 0.554. The molecule has 0 aliphatic carbocycles. The van der Waals surface area contributed by atoms with Crippen LogP contribution < -0.4 is 4.57 Å². The van der Waals surface area contributed by atoms with Crippen molar-refractivity contribution in [1.29, 1.82) is 0 Å². The fourth-order valence-corrected chi connectivity index (χ4v) is 1.28. The van der Waals surface area contributed by atoms with Crippen molar-refractivity contribution in [2.24, 2.45) is 14.1 Å². The van der Waals surface area contributed by atoms with Crippen molar-refractivity contribution in [3.63, 3.8) is 0 Å². The first kappa shape index (κ1) is 13.7. The molecule has 1 rings (SSSR count). The van der Waals surface area contributed by atoms with Gasteiger partial charge >= 0.3 is 5.97 Å². The Hall–Kier alpha value is -1.32. The lowest BCUT2D eigenvalue weighted by atomic mass is 10.2. The van der Waals surface area contributed by atoms with Crippen LogP contribution in [-0.2, 0) is 30.0 Å². The summed E-state index contributed by atoms with van der Waals surface area (Å²) in [6.45, 7) is 4.00. The van der Waals surface area contributed by atoms with E-state index in [4.69, 9.17) is 0 Å². The van der Waals surface area contributed by atoms with Crippen molar-refractivity contribution in [2.75, 3.05) is 7.11 Å². The first-order valence-corrected chi connectivity index (χ1v) is 5.20. The highest BCUT2D eigenvalue weighted by Crippen LogP contribution is 2.00. The number of ether oxygens (including phenoxy) is 1. The zero-order valence-corrected chi connectivity index (χ0v) is 10.3. The van der Waals surface area contributed by atoms with Crippen LogP contribution in [0.1, 0.15) is 26.0 Å². The third-order valence-corrected chi connectivity index (χ3v) is 1.97. The predicted octanol–water partition coefficient (Wildman–Crippen LogP) is 0.981. The van der Waals surface area contributed by atoms with E-state index in [9.17, 15) is 4.79 Å². The summed E-state index contributed by atoms with van der Waals surface area (Å²) in [5, 5.41) is 0. The third kappa shape index (κ3) is 4.63. The van der Waals surface area contributed by atoms with Gasteiger partial charge in [-0.2, -0.15) is 0 Å². The van der Waals surface area contributed by atoms with Crippen LogP contribution in [0.15, 0.2) is 12.5 Å². The number of rotatable bonds is 3. The smallest absolute Gasteiger partial charge is 0.305 e. The van der Waals surface area contributed by atoms with E-state index in [1.165, 1.54) is 7.11 Å². The lowest BCUT2D eigenvalue weighted by Crippen LogP contribution is -2.23. The van der Waals surface area contributed by atoms with Gasteiger partial charge in [0.2, 0.25) is 6.33 Å². The van der Waals surface area contributed by atoms with Crippen LogP contribution >= 0.6 is 0 Å². The molecule has 0 saturated heterocycles.